The maximum absolute atomic E-state index is 16.3. The molecule has 0 fully saturated rings. The van der Waals surface area contributed by atoms with Gasteiger partial charge in [0.15, 0.2) is 23.3 Å². The van der Waals surface area contributed by atoms with Crippen LogP contribution < -0.4 is 0 Å². The molecule has 4 aliphatic carbocycles. The zero-order chi connectivity index (χ0) is 65.0. The first-order valence-corrected chi connectivity index (χ1v) is 30.2. The summed E-state index contributed by atoms with van der Waals surface area (Å²) in [6.07, 6.45) is 0. The molecular formula is C70H34F4N6O10S3. The van der Waals surface area contributed by atoms with E-state index in [0.717, 1.165) is 34.0 Å². The standard InChI is InChI=1S/C70H34F4N6O10S3/c71-47-21-41-43(23-49(47)73)59(81)57(53(41)39(27-75)28-76)79-51-25-45-61(91-51)63-55(69(45,65(83)87-31-35-13-5-1-6-14-35)66(84)88-32-36-15-7-2-8-16-36)56-64(93-63)62-46(26-52(92-62)80-58-54(40(29-77)30-78)42-22-48(72)50(74)24-44(42)60(58)82)70(56,67(85)89-33-37-17-9-3-10-18-37)68(86)90-34-38-19-11-4-12-20-38/h1-26H,31-34H2/b79-57-,80-58+. The first-order chi connectivity index (χ1) is 45.1. The number of allylic oxidation sites excluding steroid dienone is 4. The van der Waals surface area contributed by atoms with Gasteiger partial charge in [-0.15, -0.1) is 34.0 Å². The first kappa shape index (κ1) is 60.1. The number of ether oxygens (including phenoxy) is 4. The second kappa shape index (κ2) is 23.8. The van der Waals surface area contributed by atoms with Gasteiger partial charge in [0.1, 0.15) is 83.3 Å². The van der Waals surface area contributed by atoms with Gasteiger partial charge in [-0.2, -0.15) is 21.0 Å². The number of fused-ring (bicyclic) bond motifs is 9. The van der Waals surface area contributed by atoms with Gasteiger partial charge in [0.05, 0.1) is 19.5 Å². The fraction of sp³-hybridized carbons (Fsp3) is 0.0857. The van der Waals surface area contributed by atoms with Crippen molar-refractivity contribution in [2.45, 2.75) is 37.3 Å². The largest absolute Gasteiger partial charge is 0.459 e. The Morgan fingerprint density at radius 1 is 0.398 bits per heavy atom. The third-order valence-corrected chi connectivity index (χ3v) is 19.4. The third-order valence-electron chi connectivity index (χ3n) is 15.8. The van der Waals surface area contributed by atoms with Crippen LogP contribution >= 0.6 is 34.0 Å². The van der Waals surface area contributed by atoms with E-state index in [4.69, 9.17) is 18.9 Å². The van der Waals surface area contributed by atoms with Gasteiger partial charge < -0.3 is 18.9 Å². The Morgan fingerprint density at radius 3 is 0.957 bits per heavy atom. The summed E-state index contributed by atoms with van der Waals surface area (Å²) in [5, 5.41) is 40.4. The second-order valence-electron chi connectivity index (χ2n) is 21.1. The number of ketones is 2. The average Bonchev–Trinajstić information content (AvgIpc) is 1.49. The molecule has 0 spiro atoms. The van der Waals surface area contributed by atoms with Crippen LogP contribution in [0.25, 0.3) is 30.7 Å². The van der Waals surface area contributed by atoms with Gasteiger partial charge >= 0.3 is 23.9 Å². The molecule has 0 bridgehead atoms. The molecule has 0 radical (unpaired) electrons. The number of rotatable bonds is 14. The van der Waals surface area contributed by atoms with Crippen molar-refractivity contribution in [2.24, 2.45) is 9.98 Å². The van der Waals surface area contributed by atoms with E-state index in [0.29, 0.717) is 46.5 Å². The van der Waals surface area contributed by atoms with Gasteiger partial charge in [-0.25, -0.2) is 27.5 Å². The number of Topliss-reactive ketones (excluding diaryl/α,β-unsaturated/α-hetero) is 2. The van der Waals surface area contributed by atoms with Gasteiger partial charge in [-0.3, -0.25) is 28.8 Å². The van der Waals surface area contributed by atoms with E-state index in [1.807, 2.05) is 0 Å². The first-order valence-electron chi connectivity index (χ1n) is 27.7. The number of hydrogen-bond acceptors (Lipinski definition) is 19. The maximum Gasteiger partial charge on any atom is 0.333 e. The topological polar surface area (TPSA) is 259 Å². The lowest BCUT2D eigenvalue weighted by Crippen LogP contribution is -2.50. The van der Waals surface area contributed by atoms with E-state index in [1.165, 1.54) is 12.1 Å². The van der Waals surface area contributed by atoms with Crippen LogP contribution in [-0.4, -0.2) is 46.9 Å². The molecule has 4 aliphatic rings. The molecule has 13 rings (SSSR count). The predicted molar refractivity (Wildman–Crippen MR) is 329 cm³/mol. The van der Waals surface area contributed by atoms with Crippen LogP contribution in [0.3, 0.4) is 0 Å². The molecule has 23 heteroatoms. The SMILES string of the molecule is N#CC(C#N)=C1/C(=N/c2cc3c(s2)-c2sc4c(c2C3(C(=O)OCc2ccccc2)C(=O)OCc2ccccc2)C(C(=O)OCc2ccccc2)(C(=O)OCc2ccccc2)c2cc(/N=C3/C(=O)c5cc(F)c(F)cc5C3=C(C#N)C#N)sc2-4)C(=O)c2cc(F)c(F)cc21. The van der Waals surface area contributed by atoms with E-state index in [1.54, 1.807) is 146 Å². The van der Waals surface area contributed by atoms with Crippen LogP contribution in [0.5, 0.6) is 0 Å². The summed E-state index contributed by atoms with van der Waals surface area (Å²) < 4.78 is 84.8. The van der Waals surface area contributed by atoms with Crippen LogP contribution in [0, 0.1) is 68.6 Å². The van der Waals surface area contributed by atoms with Crippen molar-refractivity contribution in [1.82, 2.24) is 0 Å². The number of esters is 4. The molecular weight excluding hydrogens is 1260 g/mol. The average molecular weight is 1290 g/mol. The Kier molecular flexibility index (Phi) is 15.4. The third kappa shape index (κ3) is 9.74. The number of benzene rings is 6. The molecule has 0 aliphatic heterocycles. The fourth-order valence-corrected chi connectivity index (χ4v) is 15.6. The Hall–Kier alpha value is -11.9. The van der Waals surface area contributed by atoms with Crippen LogP contribution in [0.2, 0.25) is 0 Å². The quantitative estimate of drug-likeness (QED) is 0.0322. The molecule has 0 saturated carbocycles. The molecule has 0 atom stereocenters. The summed E-state index contributed by atoms with van der Waals surface area (Å²) in [5.74, 6) is -13.0. The van der Waals surface area contributed by atoms with E-state index < -0.39 is 141 Å². The number of thiophene rings is 3. The van der Waals surface area contributed by atoms with Gasteiger partial charge in [0, 0.05) is 55.7 Å². The van der Waals surface area contributed by atoms with Gasteiger partial charge in [0.2, 0.25) is 22.4 Å². The summed E-state index contributed by atoms with van der Waals surface area (Å²) in [6, 6.07) is 45.1. The minimum absolute atomic E-state index is 0.0156. The summed E-state index contributed by atoms with van der Waals surface area (Å²) in [7, 11) is 0. The van der Waals surface area contributed by atoms with Crippen LogP contribution in [0.4, 0.5) is 27.6 Å². The molecule has 9 aromatic rings. The van der Waals surface area contributed by atoms with E-state index in [9.17, 15) is 39.4 Å². The molecule has 93 heavy (non-hydrogen) atoms. The summed E-state index contributed by atoms with van der Waals surface area (Å²) in [5.41, 5.74) is -10.2. The highest BCUT2D eigenvalue weighted by atomic mass is 32.1. The predicted octanol–water partition coefficient (Wildman–Crippen LogP) is 13.5. The van der Waals surface area contributed by atoms with Crippen LogP contribution in [0.1, 0.15) is 76.4 Å². The smallest absolute Gasteiger partial charge is 0.333 e. The number of nitrogens with zero attached hydrogens (tertiary/aromatic N) is 6. The van der Waals surface area contributed by atoms with E-state index in [2.05, 4.69) is 9.98 Å². The van der Waals surface area contributed by atoms with Crippen molar-refractivity contribution >= 4 is 102 Å². The highest BCUT2D eigenvalue weighted by Crippen LogP contribution is 2.68. The van der Waals surface area contributed by atoms with Crippen LogP contribution in [-0.2, 0) is 75.4 Å². The Labute approximate surface area is 535 Å². The van der Waals surface area contributed by atoms with Gasteiger partial charge in [0.25, 0.3) is 0 Å². The Bertz CT molecular complexity index is 4650. The number of halogens is 4. The minimum Gasteiger partial charge on any atom is -0.459 e. The number of nitriles is 4. The summed E-state index contributed by atoms with van der Waals surface area (Å²) in [4.78, 5) is 103. The lowest BCUT2D eigenvalue weighted by molar-refractivity contribution is -0.167. The zero-order valence-corrected chi connectivity index (χ0v) is 49.8. The summed E-state index contributed by atoms with van der Waals surface area (Å²) in [6.45, 7) is -1.94. The lowest BCUT2D eigenvalue weighted by atomic mass is 9.70. The maximum atomic E-state index is 16.3. The van der Waals surface area contributed by atoms with Crippen molar-refractivity contribution in [2.75, 3.05) is 0 Å². The van der Waals surface area contributed by atoms with Crippen molar-refractivity contribution in [3.63, 3.8) is 0 Å². The van der Waals surface area contributed by atoms with E-state index in [-0.39, 0.29) is 62.9 Å². The monoisotopic (exact) mass is 1290 g/mol. The molecule has 0 unspecified atom stereocenters. The minimum atomic E-state index is -2.91. The molecule has 450 valence electrons. The molecule has 3 heterocycles. The lowest BCUT2D eigenvalue weighted by Gasteiger charge is -2.32. The molecule has 0 saturated heterocycles. The molecule has 0 N–H and O–H groups in total. The molecule has 16 nitrogen and oxygen atoms in total. The highest BCUT2D eigenvalue weighted by Gasteiger charge is 2.69. The Balaban J connectivity index is 1.11. The molecule has 6 aromatic carbocycles. The van der Waals surface area contributed by atoms with Crippen molar-refractivity contribution in [1.29, 1.82) is 21.0 Å². The van der Waals surface area contributed by atoms with E-state index >= 15 is 28.0 Å². The zero-order valence-electron chi connectivity index (χ0n) is 47.3. The normalized spacial score (nSPS) is 14.8. The number of carbonyl (C=O) groups is 6. The van der Waals surface area contributed by atoms with Crippen molar-refractivity contribution in [3.8, 4) is 43.8 Å². The number of aliphatic imine (C=N–C) groups is 2. The van der Waals surface area contributed by atoms with Crippen molar-refractivity contribution in [3.05, 3.63) is 259 Å². The molecule has 0 amide bonds. The second-order valence-corrected chi connectivity index (χ2v) is 24.1. The highest BCUT2D eigenvalue weighted by molar-refractivity contribution is 7.29. The fourth-order valence-electron chi connectivity index (χ4n) is 11.7. The van der Waals surface area contributed by atoms with Crippen LogP contribution in [0.15, 0.2) is 179 Å². The number of hydrogen-bond donors (Lipinski definition) is 0. The number of carbonyl (C=O) groups excluding carboxylic acids is 6. The Morgan fingerprint density at radius 2 is 0.677 bits per heavy atom. The van der Waals surface area contributed by atoms with Crippen molar-refractivity contribution < 1.29 is 65.3 Å². The van der Waals surface area contributed by atoms with Gasteiger partial charge in [-0.05, 0) is 58.7 Å². The molecule has 3 aromatic heterocycles. The van der Waals surface area contributed by atoms with Gasteiger partial charge in [-0.1, -0.05) is 121 Å². The summed E-state index contributed by atoms with van der Waals surface area (Å²) >= 11 is 2.36.